The number of carbonyl (C=O) groups excluding carboxylic acids is 2. The number of aryl methyl sites for hydroxylation is 1. The number of aromatic nitrogens is 2. The lowest BCUT2D eigenvalue weighted by atomic mass is 10.3. The molecule has 0 aliphatic rings. The smallest absolute Gasteiger partial charge is 0.316 e. The van der Waals surface area contributed by atoms with Crippen molar-refractivity contribution in [2.24, 2.45) is 0 Å². The zero-order valence-corrected chi connectivity index (χ0v) is 18.4. The lowest BCUT2D eigenvalue weighted by molar-refractivity contribution is -0.144. The Morgan fingerprint density at radius 3 is 2.67 bits per heavy atom. The number of hydrogen-bond acceptors (Lipinski definition) is 8. The van der Waals surface area contributed by atoms with Crippen molar-refractivity contribution in [1.29, 1.82) is 0 Å². The van der Waals surface area contributed by atoms with Crippen LogP contribution in [0.25, 0.3) is 0 Å². The van der Waals surface area contributed by atoms with Gasteiger partial charge >= 0.3 is 5.97 Å². The fourth-order valence-electron chi connectivity index (χ4n) is 2.29. The number of nitrogens with zero attached hydrogens (tertiary/aromatic N) is 2. The van der Waals surface area contributed by atoms with E-state index in [1.807, 2.05) is 42.5 Å². The average molecular weight is 464 g/mol. The molecule has 2 aromatic carbocycles. The minimum Gasteiger partial charge on any atom is -0.455 e. The highest BCUT2D eigenvalue weighted by molar-refractivity contribution is 7.99. The predicted octanol–water partition coefficient (Wildman–Crippen LogP) is 4.60. The van der Waals surface area contributed by atoms with Crippen LogP contribution in [0, 0.1) is 6.92 Å². The molecule has 3 rings (SSSR count). The third-order valence-corrected chi connectivity index (χ3v) is 5.83. The summed E-state index contributed by atoms with van der Waals surface area (Å²) in [6, 6.07) is 14.8. The Morgan fingerprint density at radius 1 is 1.17 bits per heavy atom. The topological polar surface area (TPSA) is 94.3 Å². The van der Waals surface area contributed by atoms with Gasteiger partial charge in [-0.2, -0.15) is 4.98 Å². The number of para-hydroxylation sites is 1. The van der Waals surface area contributed by atoms with E-state index in [1.165, 1.54) is 23.5 Å². The van der Waals surface area contributed by atoms with Crippen molar-refractivity contribution in [2.45, 2.75) is 22.5 Å². The summed E-state index contributed by atoms with van der Waals surface area (Å²) in [7, 11) is 0. The molecule has 0 aliphatic heterocycles. The summed E-state index contributed by atoms with van der Waals surface area (Å²) >= 11 is 8.70. The monoisotopic (exact) mass is 463 g/mol. The number of benzene rings is 2. The van der Waals surface area contributed by atoms with Gasteiger partial charge in [-0.25, -0.2) is 0 Å². The van der Waals surface area contributed by atoms with Gasteiger partial charge in [0.05, 0.1) is 17.2 Å². The lowest BCUT2D eigenvalue weighted by Gasteiger charge is -2.11. The number of anilines is 1. The third-order valence-electron chi connectivity index (χ3n) is 3.59. The number of rotatable bonds is 9. The minimum absolute atomic E-state index is 0.0872. The molecular weight excluding hydrogens is 446 g/mol. The first-order valence-electron chi connectivity index (χ1n) is 8.84. The summed E-state index contributed by atoms with van der Waals surface area (Å²) in [5.41, 5.74) is 0.639. The quantitative estimate of drug-likeness (QED) is 0.460. The van der Waals surface area contributed by atoms with Crippen LogP contribution in [0.1, 0.15) is 11.7 Å². The van der Waals surface area contributed by atoms with E-state index in [-0.39, 0.29) is 12.4 Å². The van der Waals surface area contributed by atoms with Crippen LogP contribution in [0.15, 0.2) is 62.8 Å². The number of amides is 1. The van der Waals surface area contributed by atoms with E-state index in [0.717, 1.165) is 9.79 Å². The van der Waals surface area contributed by atoms with E-state index in [1.54, 1.807) is 13.0 Å². The highest BCUT2D eigenvalue weighted by atomic mass is 35.5. The summed E-state index contributed by atoms with van der Waals surface area (Å²) in [4.78, 5) is 29.9. The summed E-state index contributed by atoms with van der Waals surface area (Å²) < 4.78 is 9.89. The van der Waals surface area contributed by atoms with Crippen LogP contribution in [0.2, 0.25) is 5.02 Å². The number of hydrogen-bond donors (Lipinski definition) is 1. The Morgan fingerprint density at radius 2 is 1.93 bits per heavy atom. The number of carbonyl (C=O) groups is 2. The molecule has 1 N–H and O–H groups in total. The molecule has 156 valence electrons. The van der Waals surface area contributed by atoms with Crippen molar-refractivity contribution in [2.75, 3.05) is 17.7 Å². The number of nitrogens with one attached hydrogen (secondary N) is 1. The van der Waals surface area contributed by atoms with Crippen LogP contribution in [-0.4, -0.2) is 34.4 Å². The van der Waals surface area contributed by atoms with Crippen LogP contribution in [-0.2, 0) is 20.1 Å². The van der Waals surface area contributed by atoms with Crippen molar-refractivity contribution in [3.05, 3.63) is 65.3 Å². The Balaban J connectivity index is 1.45. The van der Waals surface area contributed by atoms with Gasteiger partial charge in [-0.3, -0.25) is 9.59 Å². The fraction of sp³-hybridized carbons (Fsp3) is 0.200. The maximum absolute atomic E-state index is 12.2. The SMILES string of the molecule is Cc1nc(CSCC(=O)OCC(=O)Nc2ccccc2Sc2ccc(Cl)cc2)no1. The molecule has 1 aromatic heterocycles. The van der Waals surface area contributed by atoms with E-state index in [9.17, 15) is 9.59 Å². The minimum atomic E-state index is -0.487. The molecule has 30 heavy (non-hydrogen) atoms. The molecule has 0 aliphatic carbocycles. The predicted molar refractivity (Wildman–Crippen MR) is 117 cm³/mol. The molecule has 0 unspecified atom stereocenters. The second kappa shape index (κ2) is 11.1. The fourth-order valence-corrected chi connectivity index (χ4v) is 3.97. The van der Waals surface area contributed by atoms with E-state index in [2.05, 4.69) is 15.5 Å². The molecule has 0 spiro atoms. The number of esters is 1. The van der Waals surface area contributed by atoms with Gasteiger partial charge < -0.3 is 14.6 Å². The molecule has 3 aromatic rings. The molecule has 0 radical (unpaired) electrons. The maximum atomic E-state index is 12.2. The van der Waals surface area contributed by atoms with Gasteiger partial charge in [-0.15, -0.1) is 11.8 Å². The van der Waals surface area contributed by atoms with Crippen molar-refractivity contribution < 1.29 is 18.8 Å². The Labute approximate surface area is 186 Å². The van der Waals surface area contributed by atoms with Crippen molar-refractivity contribution in [1.82, 2.24) is 10.1 Å². The maximum Gasteiger partial charge on any atom is 0.316 e. The van der Waals surface area contributed by atoms with Gasteiger partial charge in [0.2, 0.25) is 5.89 Å². The number of thioether (sulfide) groups is 1. The zero-order chi connectivity index (χ0) is 21.3. The zero-order valence-electron chi connectivity index (χ0n) is 16.0. The molecule has 0 saturated carbocycles. The first kappa shape index (κ1) is 22.2. The number of halogens is 1. The normalized spacial score (nSPS) is 10.6. The molecule has 1 heterocycles. The molecule has 0 fully saturated rings. The second-order valence-electron chi connectivity index (χ2n) is 5.98. The molecule has 1 amide bonds. The highest BCUT2D eigenvalue weighted by Crippen LogP contribution is 2.33. The van der Waals surface area contributed by atoms with E-state index < -0.39 is 11.9 Å². The molecule has 0 atom stereocenters. The summed E-state index contributed by atoms with van der Waals surface area (Å²) in [5, 5.41) is 7.18. The molecule has 0 saturated heterocycles. The molecular formula is C20H18ClN3O4S2. The average Bonchev–Trinajstić information content (AvgIpc) is 3.14. The van der Waals surface area contributed by atoms with Gasteiger partial charge in [0.15, 0.2) is 12.4 Å². The molecule has 10 heteroatoms. The third kappa shape index (κ3) is 7.08. The van der Waals surface area contributed by atoms with Gasteiger partial charge in [-0.05, 0) is 36.4 Å². The summed E-state index contributed by atoms with van der Waals surface area (Å²) in [5.74, 6) is 0.598. The van der Waals surface area contributed by atoms with Gasteiger partial charge in [0.1, 0.15) is 0 Å². The van der Waals surface area contributed by atoms with Gasteiger partial charge in [0.25, 0.3) is 5.91 Å². The summed E-state index contributed by atoms with van der Waals surface area (Å²) in [6.45, 7) is 1.33. The van der Waals surface area contributed by atoms with E-state index >= 15 is 0 Å². The molecule has 0 bridgehead atoms. The highest BCUT2D eigenvalue weighted by Gasteiger charge is 2.12. The van der Waals surface area contributed by atoms with Crippen molar-refractivity contribution in [3.8, 4) is 0 Å². The van der Waals surface area contributed by atoms with Crippen LogP contribution in [0.5, 0.6) is 0 Å². The van der Waals surface area contributed by atoms with Crippen LogP contribution in [0.3, 0.4) is 0 Å². The Kier molecular flexibility index (Phi) is 8.18. The van der Waals surface area contributed by atoms with Crippen molar-refractivity contribution in [3.63, 3.8) is 0 Å². The van der Waals surface area contributed by atoms with E-state index in [4.69, 9.17) is 20.9 Å². The van der Waals surface area contributed by atoms with Crippen LogP contribution >= 0.6 is 35.1 Å². The standard InChI is InChI=1S/C20H18ClN3O4S2/c1-13-22-18(24-28-13)11-29-12-20(26)27-10-19(25)23-16-4-2-3-5-17(16)30-15-8-6-14(21)7-9-15/h2-9H,10-12H2,1H3,(H,23,25). The van der Waals surface area contributed by atoms with Crippen molar-refractivity contribution >= 4 is 52.7 Å². The first-order chi connectivity index (χ1) is 14.5. The first-order valence-corrected chi connectivity index (χ1v) is 11.2. The lowest BCUT2D eigenvalue weighted by Crippen LogP contribution is -2.22. The largest absolute Gasteiger partial charge is 0.455 e. The summed E-state index contributed by atoms with van der Waals surface area (Å²) in [6.07, 6.45) is 0. The Hall–Kier alpha value is -2.49. The second-order valence-corrected chi connectivity index (χ2v) is 8.52. The van der Waals surface area contributed by atoms with Gasteiger partial charge in [0, 0.05) is 21.7 Å². The van der Waals surface area contributed by atoms with Gasteiger partial charge in [-0.1, -0.05) is 40.7 Å². The van der Waals surface area contributed by atoms with Crippen LogP contribution in [0.4, 0.5) is 5.69 Å². The number of ether oxygens (including phenoxy) is 1. The Bertz CT molecular complexity index is 1010. The van der Waals surface area contributed by atoms with E-state index in [0.29, 0.717) is 28.2 Å². The van der Waals surface area contributed by atoms with Crippen LogP contribution < -0.4 is 5.32 Å². The molecule has 7 nitrogen and oxygen atoms in total.